The SMILES string of the molecule is CCCC1CC(CC[Si](OC)(OC)OC)CC1CC[Si](OC)(OC)OC. The minimum Gasteiger partial charge on any atom is -0.377 e. The molecule has 0 aliphatic heterocycles. The number of rotatable bonds is 14. The lowest BCUT2D eigenvalue weighted by molar-refractivity contribution is 0.120. The van der Waals surface area contributed by atoms with E-state index in [1.54, 1.807) is 42.7 Å². The molecule has 0 aromatic heterocycles. The first kappa shape index (κ1) is 24.2. The topological polar surface area (TPSA) is 55.4 Å². The summed E-state index contributed by atoms with van der Waals surface area (Å²) in [5.74, 6) is 2.22. The Labute approximate surface area is 162 Å². The second-order valence-electron chi connectivity index (χ2n) is 7.31. The van der Waals surface area contributed by atoms with Gasteiger partial charge in [-0.1, -0.05) is 19.8 Å². The van der Waals surface area contributed by atoms with Gasteiger partial charge in [-0.25, -0.2) is 0 Å². The van der Waals surface area contributed by atoms with Gasteiger partial charge in [0.25, 0.3) is 0 Å². The van der Waals surface area contributed by atoms with Gasteiger partial charge in [0.1, 0.15) is 0 Å². The van der Waals surface area contributed by atoms with Gasteiger partial charge in [-0.05, 0) is 43.4 Å². The van der Waals surface area contributed by atoms with E-state index in [1.807, 2.05) is 0 Å². The lowest BCUT2D eigenvalue weighted by atomic mass is 9.90. The van der Waals surface area contributed by atoms with Gasteiger partial charge in [-0.2, -0.15) is 0 Å². The lowest BCUT2D eigenvalue weighted by Gasteiger charge is -2.27. The Bertz CT molecular complexity index is 360. The number of hydrogen-bond donors (Lipinski definition) is 0. The first-order valence-electron chi connectivity index (χ1n) is 9.78. The van der Waals surface area contributed by atoms with Crippen LogP contribution in [-0.4, -0.2) is 60.3 Å². The molecule has 156 valence electrons. The molecule has 0 amide bonds. The maximum Gasteiger partial charge on any atom is 0.500 e. The summed E-state index contributed by atoms with van der Waals surface area (Å²) in [4.78, 5) is 0. The molecule has 1 fully saturated rings. The molecule has 0 heterocycles. The second-order valence-corrected chi connectivity index (χ2v) is 13.5. The van der Waals surface area contributed by atoms with E-state index >= 15 is 0 Å². The highest BCUT2D eigenvalue weighted by Crippen LogP contribution is 2.45. The molecule has 0 aromatic rings. The maximum atomic E-state index is 5.60. The third kappa shape index (κ3) is 6.37. The van der Waals surface area contributed by atoms with Crippen molar-refractivity contribution in [1.82, 2.24) is 0 Å². The Morgan fingerprint density at radius 1 is 0.615 bits per heavy atom. The highest BCUT2D eigenvalue weighted by Gasteiger charge is 2.43. The van der Waals surface area contributed by atoms with Crippen LogP contribution >= 0.6 is 0 Å². The predicted molar refractivity (Wildman–Crippen MR) is 107 cm³/mol. The van der Waals surface area contributed by atoms with Crippen molar-refractivity contribution in [2.75, 3.05) is 42.7 Å². The van der Waals surface area contributed by atoms with Crippen molar-refractivity contribution in [3.63, 3.8) is 0 Å². The van der Waals surface area contributed by atoms with Gasteiger partial charge in [0.05, 0.1) is 0 Å². The fraction of sp³-hybridized carbons (Fsp3) is 1.00. The second kappa shape index (κ2) is 11.9. The minimum absolute atomic E-state index is 0.715. The van der Waals surface area contributed by atoms with Crippen LogP contribution in [0, 0.1) is 17.8 Å². The van der Waals surface area contributed by atoms with Crippen molar-refractivity contribution < 1.29 is 26.6 Å². The summed E-state index contributed by atoms with van der Waals surface area (Å²) in [6.45, 7) is 2.28. The normalized spacial score (nSPS) is 24.3. The van der Waals surface area contributed by atoms with Crippen molar-refractivity contribution in [1.29, 1.82) is 0 Å². The Morgan fingerprint density at radius 3 is 1.38 bits per heavy atom. The van der Waals surface area contributed by atoms with Crippen molar-refractivity contribution in [2.24, 2.45) is 17.8 Å². The quantitative estimate of drug-likeness (QED) is 0.405. The molecule has 0 spiro atoms. The fourth-order valence-corrected chi connectivity index (χ4v) is 8.22. The Kier molecular flexibility index (Phi) is 11.1. The summed E-state index contributed by atoms with van der Waals surface area (Å²) in [6.07, 6.45) is 7.31. The van der Waals surface area contributed by atoms with Crippen LogP contribution in [0.25, 0.3) is 0 Å². The van der Waals surface area contributed by atoms with Crippen LogP contribution in [0.4, 0.5) is 0 Å². The smallest absolute Gasteiger partial charge is 0.377 e. The molecule has 0 bridgehead atoms. The molecule has 0 saturated heterocycles. The molecule has 1 saturated carbocycles. The molecule has 6 nitrogen and oxygen atoms in total. The van der Waals surface area contributed by atoms with Crippen LogP contribution in [0.3, 0.4) is 0 Å². The van der Waals surface area contributed by atoms with E-state index in [0.29, 0.717) is 5.92 Å². The van der Waals surface area contributed by atoms with Crippen molar-refractivity contribution >= 4 is 17.6 Å². The summed E-state index contributed by atoms with van der Waals surface area (Å²) in [7, 11) is 5.24. The monoisotopic (exact) mass is 408 g/mol. The van der Waals surface area contributed by atoms with Crippen molar-refractivity contribution in [3.8, 4) is 0 Å². The van der Waals surface area contributed by atoms with E-state index in [4.69, 9.17) is 26.6 Å². The van der Waals surface area contributed by atoms with E-state index < -0.39 is 17.6 Å². The molecule has 3 unspecified atom stereocenters. The van der Waals surface area contributed by atoms with Crippen LogP contribution in [0.2, 0.25) is 12.1 Å². The summed E-state index contributed by atoms with van der Waals surface area (Å²) >= 11 is 0. The lowest BCUT2D eigenvalue weighted by Crippen LogP contribution is -2.43. The highest BCUT2D eigenvalue weighted by molar-refractivity contribution is 6.60. The molecule has 0 radical (unpaired) electrons. The van der Waals surface area contributed by atoms with Gasteiger partial charge >= 0.3 is 17.6 Å². The van der Waals surface area contributed by atoms with E-state index in [9.17, 15) is 0 Å². The summed E-state index contributed by atoms with van der Waals surface area (Å²) in [5, 5.41) is 0. The molecule has 1 aliphatic carbocycles. The molecule has 1 aliphatic rings. The molecule has 0 aromatic carbocycles. The van der Waals surface area contributed by atoms with Crippen LogP contribution in [-0.2, 0) is 26.6 Å². The molecule has 0 N–H and O–H groups in total. The molecule has 3 atom stereocenters. The van der Waals surface area contributed by atoms with E-state index in [1.165, 1.54) is 25.7 Å². The summed E-state index contributed by atoms with van der Waals surface area (Å²) in [6, 6.07) is 1.78. The van der Waals surface area contributed by atoms with Gasteiger partial charge in [-0.15, -0.1) is 0 Å². The van der Waals surface area contributed by atoms with Crippen LogP contribution < -0.4 is 0 Å². The molecule has 8 heteroatoms. The van der Waals surface area contributed by atoms with E-state index in [2.05, 4.69) is 6.92 Å². The highest BCUT2D eigenvalue weighted by atomic mass is 28.4. The first-order chi connectivity index (χ1) is 12.5. The largest absolute Gasteiger partial charge is 0.500 e. The zero-order chi connectivity index (χ0) is 19.6. The van der Waals surface area contributed by atoms with Gasteiger partial charge in [0.15, 0.2) is 0 Å². The number of hydrogen-bond acceptors (Lipinski definition) is 6. The van der Waals surface area contributed by atoms with Crippen molar-refractivity contribution in [3.05, 3.63) is 0 Å². The average molecular weight is 409 g/mol. The van der Waals surface area contributed by atoms with Crippen LogP contribution in [0.15, 0.2) is 0 Å². The Morgan fingerprint density at radius 2 is 1.00 bits per heavy atom. The summed E-state index contributed by atoms with van der Waals surface area (Å²) in [5.41, 5.74) is 0. The van der Waals surface area contributed by atoms with Gasteiger partial charge in [-0.3, -0.25) is 0 Å². The van der Waals surface area contributed by atoms with E-state index in [-0.39, 0.29) is 0 Å². The molecule has 26 heavy (non-hydrogen) atoms. The average Bonchev–Trinajstić information content (AvgIpc) is 3.07. The van der Waals surface area contributed by atoms with Gasteiger partial charge in [0.2, 0.25) is 0 Å². The van der Waals surface area contributed by atoms with Gasteiger partial charge < -0.3 is 26.6 Å². The summed E-state index contributed by atoms with van der Waals surface area (Å²) < 4.78 is 33.6. The standard InChI is InChI=1S/C18H40O6Si2/c1-8-9-17-14-16(10-12-25(19-2,20-3)21-4)15-18(17)11-13-26(22-5,23-6)24-7/h16-18H,8-15H2,1-7H3. The first-order valence-corrected chi connectivity index (χ1v) is 13.6. The van der Waals surface area contributed by atoms with Crippen molar-refractivity contribution in [2.45, 2.75) is 57.5 Å². The molecular formula is C18H40O6Si2. The molecule has 1 rings (SSSR count). The van der Waals surface area contributed by atoms with Gasteiger partial charge in [0, 0.05) is 54.7 Å². The van der Waals surface area contributed by atoms with E-state index in [0.717, 1.165) is 36.8 Å². The van der Waals surface area contributed by atoms with Crippen LogP contribution in [0.1, 0.15) is 45.4 Å². The minimum atomic E-state index is -2.48. The third-order valence-electron chi connectivity index (χ3n) is 6.14. The fourth-order valence-electron chi connectivity index (χ4n) is 4.51. The third-order valence-corrected chi connectivity index (χ3v) is 11.7. The predicted octanol–water partition coefficient (Wildman–Crippen LogP) is 3.97. The Hall–Kier alpha value is 0.194. The zero-order valence-electron chi connectivity index (χ0n) is 17.8. The maximum absolute atomic E-state index is 5.60. The van der Waals surface area contributed by atoms with Crippen LogP contribution in [0.5, 0.6) is 0 Å². The zero-order valence-corrected chi connectivity index (χ0v) is 19.8. The molecular weight excluding hydrogens is 368 g/mol. The Balaban J connectivity index is 2.64.